The monoisotopic (exact) mass is 304 g/mol. The zero-order valence-electron chi connectivity index (χ0n) is 12.6. The molecule has 6 heteroatoms. The summed E-state index contributed by atoms with van der Waals surface area (Å²) < 4.78 is 10.3. The van der Waals surface area contributed by atoms with Crippen LogP contribution in [0.4, 0.5) is 0 Å². The van der Waals surface area contributed by atoms with Crippen LogP contribution in [-0.4, -0.2) is 19.3 Å². The molecule has 3 rings (SSSR count). The van der Waals surface area contributed by atoms with Crippen molar-refractivity contribution in [3.05, 3.63) is 34.6 Å². The van der Waals surface area contributed by atoms with Crippen molar-refractivity contribution in [3.8, 4) is 0 Å². The molecule has 5 nitrogen and oxygen atoms in total. The van der Waals surface area contributed by atoms with Crippen LogP contribution in [0.1, 0.15) is 37.8 Å². The van der Waals surface area contributed by atoms with Crippen LogP contribution in [0.15, 0.2) is 22.8 Å². The molecule has 112 valence electrons. The molecular weight excluding hydrogens is 284 g/mol. The Morgan fingerprint density at radius 3 is 2.95 bits per heavy atom. The normalized spacial score (nSPS) is 13.1. The predicted octanol–water partition coefficient (Wildman–Crippen LogP) is 3.78. The lowest BCUT2D eigenvalue weighted by Gasteiger charge is -2.13. The average Bonchev–Trinajstić information content (AvgIpc) is 3.10. The van der Waals surface area contributed by atoms with Gasteiger partial charge in [-0.1, -0.05) is 13.3 Å². The number of hydrogen-bond acceptors (Lipinski definition) is 3. The molecule has 0 aromatic carbocycles. The van der Waals surface area contributed by atoms with Crippen LogP contribution in [0.5, 0.6) is 0 Å². The maximum atomic E-state index is 5.52. The molecule has 0 saturated carbocycles. The van der Waals surface area contributed by atoms with Gasteiger partial charge in [-0.15, -0.1) is 0 Å². The van der Waals surface area contributed by atoms with E-state index in [2.05, 4.69) is 28.5 Å². The molecule has 0 radical (unpaired) electrons. The third kappa shape index (κ3) is 2.44. The van der Waals surface area contributed by atoms with Crippen LogP contribution >= 0.6 is 12.2 Å². The van der Waals surface area contributed by atoms with Gasteiger partial charge in [-0.2, -0.15) is 5.10 Å². The molecule has 21 heavy (non-hydrogen) atoms. The molecule has 1 unspecified atom stereocenters. The third-order valence-corrected chi connectivity index (χ3v) is 4.07. The van der Waals surface area contributed by atoms with Gasteiger partial charge in [-0.25, -0.2) is 0 Å². The molecule has 0 fully saturated rings. The van der Waals surface area contributed by atoms with E-state index in [1.165, 1.54) is 0 Å². The minimum Gasteiger partial charge on any atom is -0.469 e. The van der Waals surface area contributed by atoms with Crippen molar-refractivity contribution in [1.29, 1.82) is 0 Å². The number of imidazole rings is 1. The number of nitrogens with one attached hydrogen (secondary N) is 1. The van der Waals surface area contributed by atoms with Crippen molar-refractivity contribution in [3.63, 3.8) is 0 Å². The molecule has 0 amide bonds. The third-order valence-electron chi connectivity index (χ3n) is 3.77. The van der Waals surface area contributed by atoms with Gasteiger partial charge in [0.1, 0.15) is 11.3 Å². The van der Waals surface area contributed by atoms with E-state index in [1.807, 2.05) is 23.9 Å². The Bertz CT molecular complexity index is 794. The van der Waals surface area contributed by atoms with Gasteiger partial charge in [-0.3, -0.25) is 9.25 Å². The molecule has 3 aromatic heterocycles. The molecule has 0 bridgehead atoms. The number of rotatable bonds is 5. The number of aromatic nitrogens is 4. The number of furan rings is 1. The smallest absolute Gasteiger partial charge is 0.179 e. The van der Waals surface area contributed by atoms with Crippen molar-refractivity contribution in [2.75, 3.05) is 0 Å². The lowest BCUT2D eigenvalue weighted by molar-refractivity contribution is 0.448. The summed E-state index contributed by atoms with van der Waals surface area (Å²) in [6.07, 6.45) is 4.54. The molecule has 0 aliphatic carbocycles. The number of aryl methyl sites for hydroxylation is 2. The molecular formula is C15H20N4OS. The van der Waals surface area contributed by atoms with Crippen LogP contribution in [0, 0.1) is 4.77 Å². The van der Waals surface area contributed by atoms with Crippen molar-refractivity contribution >= 4 is 23.4 Å². The first-order chi connectivity index (χ1) is 10.1. The summed E-state index contributed by atoms with van der Waals surface area (Å²) >= 11 is 5.52. The largest absolute Gasteiger partial charge is 0.469 e. The number of aromatic amines is 1. The van der Waals surface area contributed by atoms with Crippen molar-refractivity contribution in [2.45, 2.75) is 39.2 Å². The highest BCUT2D eigenvalue weighted by molar-refractivity contribution is 7.71. The second-order valence-corrected chi connectivity index (χ2v) is 5.84. The first-order valence-electron chi connectivity index (χ1n) is 7.30. The molecule has 0 spiro atoms. The Labute approximate surface area is 128 Å². The van der Waals surface area contributed by atoms with Gasteiger partial charge >= 0.3 is 0 Å². The predicted molar refractivity (Wildman–Crippen MR) is 85.0 cm³/mol. The Morgan fingerprint density at radius 1 is 1.48 bits per heavy atom. The molecule has 0 aliphatic heterocycles. The highest BCUT2D eigenvalue weighted by Gasteiger charge is 2.19. The van der Waals surface area contributed by atoms with E-state index in [0.29, 0.717) is 0 Å². The van der Waals surface area contributed by atoms with Gasteiger partial charge in [0.2, 0.25) is 0 Å². The van der Waals surface area contributed by atoms with Crippen LogP contribution in [-0.2, 0) is 19.9 Å². The molecule has 0 saturated heterocycles. The average molecular weight is 304 g/mol. The van der Waals surface area contributed by atoms with E-state index in [-0.39, 0.29) is 6.04 Å². The van der Waals surface area contributed by atoms with Crippen molar-refractivity contribution < 1.29 is 4.42 Å². The second-order valence-electron chi connectivity index (χ2n) is 5.45. The fraction of sp³-hybridized carbons (Fsp3) is 0.467. The maximum Gasteiger partial charge on any atom is 0.179 e. The Balaban J connectivity index is 2.05. The van der Waals surface area contributed by atoms with E-state index in [1.54, 1.807) is 6.26 Å². The first-order valence-corrected chi connectivity index (χ1v) is 7.71. The standard InChI is InChI=1S/C15H20N4OS/c1-4-6-12-13-14(18(3)17-12)19(15(21)16-13)10(2)9-11-7-5-8-20-11/h5,7-8,10H,4,6,9H2,1-3H3,(H,16,21). The minimum atomic E-state index is 0.210. The minimum absolute atomic E-state index is 0.210. The van der Waals surface area contributed by atoms with Gasteiger partial charge in [0.25, 0.3) is 0 Å². The van der Waals surface area contributed by atoms with E-state index in [0.717, 1.165) is 46.7 Å². The highest BCUT2D eigenvalue weighted by atomic mass is 32.1. The Hall–Kier alpha value is -1.82. The second kappa shape index (κ2) is 5.52. The fourth-order valence-corrected chi connectivity index (χ4v) is 3.24. The van der Waals surface area contributed by atoms with Crippen LogP contribution in [0.2, 0.25) is 0 Å². The number of hydrogen-bond donors (Lipinski definition) is 1. The molecule has 0 aliphatic rings. The van der Waals surface area contributed by atoms with E-state index >= 15 is 0 Å². The van der Waals surface area contributed by atoms with E-state index < -0.39 is 0 Å². The topological polar surface area (TPSA) is 51.7 Å². The SMILES string of the molecule is CCCc1nn(C)c2c1[nH]c(=S)n2C(C)Cc1ccco1. The van der Waals surface area contributed by atoms with Gasteiger partial charge < -0.3 is 9.40 Å². The molecule has 1 atom stereocenters. The zero-order chi connectivity index (χ0) is 15.0. The number of H-pyrrole nitrogens is 1. The van der Waals surface area contributed by atoms with Crippen LogP contribution in [0.25, 0.3) is 11.2 Å². The summed E-state index contributed by atoms with van der Waals surface area (Å²) in [5, 5.41) is 4.62. The van der Waals surface area contributed by atoms with Gasteiger partial charge in [-0.05, 0) is 37.7 Å². The van der Waals surface area contributed by atoms with E-state index in [4.69, 9.17) is 16.6 Å². The summed E-state index contributed by atoms with van der Waals surface area (Å²) in [6.45, 7) is 4.31. The van der Waals surface area contributed by atoms with Crippen molar-refractivity contribution in [2.24, 2.45) is 7.05 Å². The quantitative estimate of drug-likeness (QED) is 0.730. The lowest BCUT2D eigenvalue weighted by Crippen LogP contribution is -2.10. The summed E-state index contributed by atoms with van der Waals surface area (Å²) in [4.78, 5) is 3.33. The van der Waals surface area contributed by atoms with Gasteiger partial charge in [0.05, 0.1) is 12.0 Å². The molecule has 3 aromatic rings. The Kier molecular flexibility index (Phi) is 3.71. The van der Waals surface area contributed by atoms with Crippen LogP contribution < -0.4 is 0 Å². The Morgan fingerprint density at radius 2 is 2.29 bits per heavy atom. The van der Waals surface area contributed by atoms with Gasteiger partial charge in [0, 0.05) is 19.5 Å². The summed E-state index contributed by atoms with van der Waals surface area (Å²) in [7, 11) is 1.97. The molecule has 3 heterocycles. The fourth-order valence-electron chi connectivity index (χ4n) is 2.87. The number of nitrogens with zero attached hydrogens (tertiary/aromatic N) is 3. The maximum absolute atomic E-state index is 5.52. The lowest BCUT2D eigenvalue weighted by atomic mass is 10.2. The van der Waals surface area contributed by atoms with Gasteiger partial charge in [0.15, 0.2) is 10.4 Å². The summed E-state index contributed by atoms with van der Waals surface area (Å²) in [5.74, 6) is 0.967. The van der Waals surface area contributed by atoms with Crippen LogP contribution in [0.3, 0.4) is 0 Å². The number of fused-ring (bicyclic) bond motifs is 1. The van der Waals surface area contributed by atoms with Crippen molar-refractivity contribution in [1.82, 2.24) is 19.3 Å². The summed E-state index contributed by atoms with van der Waals surface area (Å²) in [6, 6.07) is 4.12. The van der Waals surface area contributed by atoms with E-state index in [9.17, 15) is 0 Å². The zero-order valence-corrected chi connectivity index (χ0v) is 13.4. The summed E-state index contributed by atoms with van der Waals surface area (Å²) in [5.41, 5.74) is 3.21. The first kappa shape index (κ1) is 14.1. The molecule has 1 N–H and O–H groups in total. The highest BCUT2D eigenvalue weighted by Crippen LogP contribution is 2.24.